The highest BCUT2D eigenvalue weighted by Crippen LogP contribution is 2.30. The lowest BCUT2D eigenvalue weighted by Gasteiger charge is -2.32. The van der Waals surface area contributed by atoms with E-state index in [1.165, 1.54) is 6.07 Å². The standard InChI is InChI=1S/C15H24FN/c1-4-15(5-2,12-17-6-3)11-13-8-7-9-14(16)10-13/h7-10,17H,4-6,11-12H2,1-3H3. The molecule has 0 spiro atoms. The predicted molar refractivity (Wildman–Crippen MR) is 71.7 cm³/mol. The maximum Gasteiger partial charge on any atom is 0.123 e. The van der Waals surface area contributed by atoms with Crippen molar-refractivity contribution in [2.75, 3.05) is 13.1 Å². The third kappa shape index (κ3) is 4.12. The topological polar surface area (TPSA) is 12.0 Å². The molecule has 2 heteroatoms. The van der Waals surface area contributed by atoms with E-state index in [9.17, 15) is 4.39 Å². The molecule has 0 amide bonds. The highest BCUT2D eigenvalue weighted by Gasteiger charge is 2.25. The molecule has 0 heterocycles. The van der Waals surface area contributed by atoms with Crippen LogP contribution >= 0.6 is 0 Å². The highest BCUT2D eigenvalue weighted by molar-refractivity contribution is 5.18. The first kappa shape index (κ1) is 14.2. The van der Waals surface area contributed by atoms with E-state index in [0.29, 0.717) is 0 Å². The molecule has 0 radical (unpaired) electrons. The SMILES string of the molecule is CCNCC(CC)(CC)Cc1cccc(F)c1. The number of benzene rings is 1. The first-order chi connectivity index (χ1) is 8.15. The second kappa shape index (κ2) is 6.75. The largest absolute Gasteiger partial charge is 0.316 e. The predicted octanol–water partition coefficient (Wildman–Crippen LogP) is 3.78. The number of rotatable bonds is 7. The summed E-state index contributed by atoms with van der Waals surface area (Å²) in [6.45, 7) is 8.57. The molecule has 0 bridgehead atoms. The Morgan fingerprint density at radius 2 is 1.88 bits per heavy atom. The lowest BCUT2D eigenvalue weighted by atomic mass is 9.77. The first-order valence-corrected chi connectivity index (χ1v) is 6.61. The van der Waals surface area contributed by atoms with Crippen LogP contribution in [0, 0.1) is 11.2 Å². The molecule has 96 valence electrons. The molecular formula is C15H24FN. The minimum Gasteiger partial charge on any atom is -0.316 e. The van der Waals surface area contributed by atoms with Gasteiger partial charge in [-0.3, -0.25) is 0 Å². The maximum atomic E-state index is 13.2. The molecule has 1 aromatic rings. The number of hydrogen-bond donors (Lipinski definition) is 1. The van der Waals surface area contributed by atoms with Crippen LogP contribution in [0.2, 0.25) is 0 Å². The van der Waals surface area contributed by atoms with E-state index in [0.717, 1.165) is 37.9 Å². The van der Waals surface area contributed by atoms with Crippen molar-refractivity contribution in [3.05, 3.63) is 35.6 Å². The van der Waals surface area contributed by atoms with Gasteiger partial charge in [0.25, 0.3) is 0 Å². The molecule has 17 heavy (non-hydrogen) atoms. The summed E-state index contributed by atoms with van der Waals surface area (Å²) in [6.07, 6.45) is 3.19. The molecule has 0 saturated heterocycles. The van der Waals surface area contributed by atoms with Crippen LogP contribution in [0.5, 0.6) is 0 Å². The van der Waals surface area contributed by atoms with Gasteiger partial charge >= 0.3 is 0 Å². The van der Waals surface area contributed by atoms with E-state index >= 15 is 0 Å². The average molecular weight is 237 g/mol. The van der Waals surface area contributed by atoms with Crippen molar-refractivity contribution in [1.82, 2.24) is 5.32 Å². The number of nitrogens with one attached hydrogen (secondary N) is 1. The van der Waals surface area contributed by atoms with E-state index < -0.39 is 0 Å². The van der Waals surface area contributed by atoms with Crippen molar-refractivity contribution < 1.29 is 4.39 Å². The highest BCUT2D eigenvalue weighted by atomic mass is 19.1. The normalized spacial score (nSPS) is 11.8. The summed E-state index contributed by atoms with van der Waals surface area (Å²) < 4.78 is 13.2. The Morgan fingerprint density at radius 3 is 2.41 bits per heavy atom. The molecule has 1 N–H and O–H groups in total. The molecule has 0 unspecified atom stereocenters. The number of hydrogen-bond acceptors (Lipinski definition) is 1. The van der Waals surface area contributed by atoms with Crippen LogP contribution in [0.3, 0.4) is 0 Å². The zero-order valence-corrected chi connectivity index (χ0v) is 11.2. The summed E-state index contributed by atoms with van der Waals surface area (Å²) in [5.41, 5.74) is 1.36. The molecule has 0 aromatic heterocycles. The first-order valence-electron chi connectivity index (χ1n) is 6.61. The van der Waals surface area contributed by atoms with Crippen LogP contribution in [-0.4, -0.2) is 13.1 Å². The van der Waals surface area contributed by atoms with Gasteiger partial charge in [-0.05, 0) is 48.9 Å². The van der Waals surface area contributed by atoms with Crippen LogP contribution in [0.25, 0.3) is 0 Å². The molecule has 1 nitrogen and oxygen atoms in total. The molecule has 1 aromatic carbocycles. The fourth-order valence-corrected chi connectivity index (χ4v) is 2.28. The number of halogens is 1. The third-order valence-corrected chi connectivity index (χ3v) is 3.72. The van der Waals surface area contributed by atoms with Gasteiger partial charge in [0.2, 0.25) is 0 Å². The smallest absolute Gasteiger partial charge is 0.123 e. The van der Waals surface area contributed by atoms with Gasteiger partial charge in [0.05, 0.1) is 0 Å². The second-order valence-electron chi connectivity index (χ2n) is 4.79. The minimum atomic E-state index is -0.132. The lowest BCUT2D eigenvalue weighted by molar-refractivity contribution is 0.248. The fourth-order valence-electron chi connectivity index (χ4n) is 2.28. The van der Waals surface area contributed by atoms with Crippen LogP contribution in [0.4, 0.5) is 4.39 Å². The van der Waals surface area contributed by atoms with Crippen molar-refractivity contribution in [1.29, 1.82) is 0 Å². The zero-order valence-electron chi connectivity index (χ0n) is 11.2. The van der Waals surface area contributed by atoms with E-state index in [-0.39, 0.29) is 11.2 Å². The average Bonchev–Trinajstić information content (AvgIpc) is 2.35. The summed E-state index contributed by atoms with van der Waals surface area (Å²) in [5, 5.41) is 3.43. The van der Waals surface area contributed by atoms with Crippen molar-refractivity contribution in [2.24, 2.45) is 5.41 Å². The third-order valence-electron chi connectivity index (χ3n) is 3.72. The van der Waals surface area contributed by atoms with Gasteiger partial charge in [0, 0.05) is 6.54 Å². The van der Waals surface area contributed by atoms with Crippen molar-refractivity contribution in [2.45, 2.75) is 40.0 Å². The Kier molecular flexibility index (Phi) is 5.63. The summed E-state index contributed by atoms with van der Waals surface area (Å²) in [7, 11) is 0. The van der Waals surface area contributed by atoms with Crippen molar-refractivity contribution >= 4 is 0 Å². The van der Waals surface area contributed by atoms with Crippen LogP contribution in [-0.2, 0) is 6.42 Å². The van der Waals surface area contributed by atoms with E-state index in [1.807, 2.05) is 6.07 Å². The maximum absolute atomic E-state index is 13.2. The van der Waals surface area contributed by atoms with Gasteiger partial charge in [-0.15, -0.1) is 0 Å². The fraction of sp³-hybridized carbons (Fsp3) is 0.600. The Labute approximate surface area is 104 Å². The van der Waals surface area contributed by atoms with Crippen LogP contribution < -0.4 is 5.32 Å². The van der Waals surface area contributed by atoms with E-state index in [2.05, 4.69) is 26.1 Å². The van der Waals surface area contributed by atoms with Crippen molar-refractivity contribution in [3.8, 4) is 0 Å². The van der Waals surface area contributed by atoms with E-state index in [4.69, 9.17) is 0 Å². The molecule has 0 aliphatic heterocycles. The Morgan fingerprint density at radius 1 is 1.18 bits per heavy atom. The molecule has 0 fully saturated rings. The Balaban J connectivity index is 2.78. The second-order valence-corrected chi connectivity index (χ2v) is 4.79. The summed E-state index contributed by atoms with van der Waals surface area (Å²) in [4.78, 5) is 0. The van der Waals surface area contributed by atoms with Gasteiger partial charge in [-0.25, -0.2) is 4.39 Å². The van der Waals surface area contributed by atoms with Crippen molar-refractivity contribution in [3.63, 3.8) is 0 Å². The van der Waals surface area contributed by atoms with E-state index in [1.54, 1.807) is 12.1 Å². The molecule has 0 aliphatic rings. The monoisotopic (exact) mass is 237 g/mol. The molecule has 0 aliphatic carbocycles. The zero-order chi connectivity index (χ0) is 12.7. The van der Waals surface area contributed by atoms with Gasteiger partial charge in [-0.1, -0.05) is 32.9 Å². The molecule has 0 atom stereocenters. The Bertz CT molecular complexity index is 331. The Hall–Kier alpha value is -0.890. The summed E-state index contributed by atoms with van der Waals surface area (Å²) >= 11 is 0. The van der Waals surface area contributed by atoms with Gasteiger partial charge in [0.1, 0.15) is 5.82 Å². The summed E-state index contributed by atoms with van der Waals surface area (Å²) in [5.74, 6) is -0.132. The molecular weight excluding hydrogens is 213 g/mol. The van der Waals surface area contributed by atoms with Gasteiger partial charge in [0.15, 0.2) is 0 Å². The quantitative estimate of drug-likeness (QED) is 0.761. The lowest BCUT2D eigenvalue weighted by Crippen LogP contribution is -2.35. The van der Waals surface area contributed by atoms with Crippen LogP contribution in [0.15, 0.2) is 24.3 Å². The minimum absolute atomic E-state index is 0.132. The summed E-state index contributed by atoms with van der Waals surface area (Å²) in [6, 6.07) is 6.99. The van der Waals surface area contributed by atoms with Gasteiger partial charge < -0.3 is 5.32 Å². The van der Waals surface area contributed by atoms with Crippen LogP contribution in [0.1, 0.15) is 39.2 Å². The molecule has 1 rings (SSSR count). The van der Waals surface area contributed by atoms with Gasteiger partial charge in [-0.2, -0.15) is 0 Å². The molecule has 0 saturated carbocycles.